The van der Waals surface area contributed by atoms with Crippen molar-refractivity contribution in [3.05, 3.63) is 101 Å². The Bertz CT molecular complexity index is 1610. The van der Waals surface area contributed by atoms with Crippen molar-refractivity contribution in [2.24, 2.45) is 0 Å². The minimum Gasteiger partial charge on any atom is -0.494 e. The van der Waals surface area contributed by atoms with E-state index in [2.05, 4.69) is 17.2 Å². The number of carbonyl (C=O) groups is 1. The van der Waals surface area contributed by atoms with Crippen LogP contribution in [-0.2, 0) is 11.2 Å². The topological polar surface area (TPSA) is 89.0 Å². The summed E-state index contributed by atoms with van der Waals surface area (Å²) < 4.78 is 7.10. The second kappa shape index (κ2) is 11.4. The summed E-state index contributed by atoms with van der Waals surface area (Å²) in [6, 6.07) is 24.9. The van der Waals surface area contributed by atoms with Crippen LogP contribution in [-0.4, -0.2) is 32.8 Å². The molecule has 0 bridgehead atoms. The summed E-state index contributed by atoms with van der Waals surface area (Å²) in [4.78, 5) is 34.6. The maximum atomic E-state index is 13.7. The third-order valence-corrected chi connectivity index (χ3v) is 7.08. The van der Waals surface area contributed by atoms with Crippen molar-refractivity contribution in [3.8, 4) is 22.6 Å². The fourth-order valence-corrected chi connectivity index (χ4v) is 5.02. The Balaban J connectivity index is 1.51. The van der Waals surface area contributed by atoms with Gasteiger partial charge in [0.15, 0.2) is 5.16 Å². The summed E-state index contributed by atoms with van der Waals surface area (Å²) in [5.41, 5.74) is 5.10. The van der Waals surface area contributed by atoms with Crippen LogP contribution in [0.2, 0.25) is 0 Å². The lowest BCUT2D eigenvalue weighted by molar-refractivity contribution is -0.113. The predicted octanol–water partition coefficient (Wildman–Crippen LogP) is 6.07. The molecule has 3 aromatic carbocycles. The molecule has 2 N–H and O–H groups in total. The number of hydrogen-bond donors (Lipinski definition) is 2. The van der Waals surface area contributed by atoms with Crippen molar-refractivity contribution in [1.29, 1.82) is 0 Å². The third kappa shape index (κ3) is 5.35. The molecule has 7 nitrogen and oxygen atoms in total. The van der Waals surface area contributed by atoms with Crippen molar-refractivity contribution in [3.63, 3.8) is 0 Å². The minimum atomic E-state index is -0.237. The first kappa shape index (κ1) is 25.4. The molecular weight excluding hydrogens is 496 g/mol. The lowest BCUT2D eigenvalue weighted by atomic mass is 10.1. The highest BCUT2D eigenvalue weighted by atomic mass is 32.2. The number of aryl methyl sites for hydroxylation is 1. The Hall–Kier alpha value is -4.30. The van der Waals surface area contributed by atoms with Gasteiger partial charge < -0.3 is 15.0 Å². The number of ether oxygens (including phenoxy) is 1. The zero-order chi connectivity index (χ0) is 26.5. The lowest BCUT2D eigenvalue weighted by Crippen LogP contribution is -2.23. The van der Waals surface area contributed by atoms with Gasteiger partial charge in [0.2, 0.25) is 5.91 Å². The van der Waals surface area contributed by atoms with Crippen molar-refractivity contribution in [2.45, 2.75) is 25.4 Å². The van der Waals surface area contributed by atoms with Crippen molar-refractivity contribution < 1.29 is 9.53 Å². The van der Waals surface area contributed by atoms with Crippen LogP contribution in [0.1, 0.15) is 19.4 Å². The van der Waals surface area contributed by atoms with Crippen molar-refractivity contribution >= 4 is 34.4 Å². The number of thioether (sulfide) groups is 1. The molecule has 5 rings (SSSR count). The molecule has 2 aromatic heterocycles. The van der Waals surface area contributed by atoms with Gasteiger partial charge in [0.25, 0.3) is 5.56 Å². The quantitative estimate of drug-likeness (QED) is 0.180. The van der Waals surface area contributed by atoms with E-state index in [-0.39, 0.29) is 17.2 Å². The first-order valence-corrected chi connectivity index (χ1v) is 13.5. The molecule has 0 unspecified atom stereocenters. The standard InChI is InChI=1S/C30H28N4O3S/c1-3-20-10-12-22(13-11-20)32-26(35)19-38-30-33-27-25(21-8-6-5-7-9-21)18-31-28(27)29(36)34(30)23-14-16-24(17-15-23)37-4-2/h5-18,31H,3-4,19H2,1-2H3,(H,32,35). The zero-order valence-electron chi connectivity index (χ0n) is 21.2. The van der Waals surface area contributed by atoms with Crippen molar-refractivity contribution in [2.75, 3.05) is 17.7 Å². The Labute approximate surface area is 224 Å². The Morgan fingerprint density at radius 2 is 1.74 bits per heavy atom. The van der Waals surface area contributed by atoms with E-state index in [0.29, 0.717) is 34.2 Å². The monoisotopic (exact) mass is 524 g/mol. The average molecular weight is 525 g/mol. The van der Waals surface area contributed by atoms with Gasteiger partial charge >= 0.3 is 0 Å². The van der Waals surface area contributed by atoms with Gasteiger partial charge in [-0.1, -0.05) is 61.2 Å². The molecular formula is C30H28N4O3S. The molecule has 8 heteroatoms. The van der Waals surface area contributed by atoms with Crippen LogP contribution in [0.15, 0.2) is 95.0 Å². The van der Waals surface area contributed by atoms with Crippen molar-refractivity contribution in [1.82, 2.24) is 14.5 Å². The number of benzene rings is 3. The SMILES string of the molecule is CCOc1ccc(-n2c(SCC(=O)Nc3ccc(CC)cc3)nc3c(-c4ccccc4)c[nH]c3c2=O)cc1. The first-order chi connectivity index (χ1) is 18.6. The minimum absolute atomic E-state index is 0.0929. The number of amides is 1. The first-order valence-electron chi connectivity index (χ1n) is 12.5. The van der Waals surface area contributed by atoms with Crippen LogP contribution in [0, 0.1) is 0 Å². The number of rotatable bonds is 9. The summed E-state index contributed by atoms with van der Waals surface area (Å²) in [7, 11) is 0. The Morgan fingerprint density at radius 3 is 2.42 bits per heavy atom. The van der Waals surface area contributed by atoms with Crippen LogP contribution in [0.25, 0.3) is 27.8 Å². The molecule has 0 saturated heterocycles. The lowest BCUT2D eigenvalue weighted by Gasteiger charge is -2.13. The average Bonchev–Trinajstić information content (AvgIpc) is 3.38. The van der Waals surface area contributed by atoms with Crippen LogP contribution in [0.5, 0.6) is 5.75 Å². The maximum absolute atomic E-state index is 13.7. The third-order valence-electron chi connectivity index (χ3n) is 6.14. The molecule has 0 aliphatic heterocycles. The van der Waals surface area contributed by atoms with E-state index >= 15 is 0 Å². The van der Waals surface area contributed by atoms with Gasteiger partial charge in [-0.25, -0.2) is 4.98 Å². The highest BCUT2D eigenvalue weighted by molar-refractivity contribution is 7.99. The van der Waals surface area contributed by atoms with Crippen LogP contribution < -0.4 is 15.6 Å². The number of hydrogen-bond acceptors (Lipinski definition) is 5. The number of nitrogens with one attached hydrogen (secondary N) is 2. The van der Waals surface area contributed by atoms with E-state index in [9.17, 15) is 9.59 Å². The molecule has 0 radical (unpaired) electrons. The number of aromatic amines is 1. The number of fused-ring (bicyclic) bond motifs is 1. The normalized spacial score (nSPS) is 11.0. The molecule has 0 spiro atoms. The molecule has 0 fully saturated rings. The van der Waals surface area contributed by atoms with Gasteiger partial charge in [0, 0.05) is 17.4 Å². The molecule has 0 aliphatic carbocycles. The molecule has 192 valence electrons. The van der Waals surface area contributed by atoms with Gasteiger partial charge in [0.1, 0.15) is 16.8 Å². The van der Waals surface area contributed by atoms with Crippen LogP contribution in [0.4, 0.5) is 5.69 Å². The number of nitrogens with zero attached hydrogens (tertiary/aromatic N) is 2. The summed E-state index contributed by atoms with van der Waals surface area (Å²) >= 11 is 1.22. The van der Waals surface area contributed by atoms with E-state index in [4.69, 9.17) is 9.72 Å². The smallest absolute Gasteiger partial charge is 0.283 e. The van der Waals surface area contributed by atoms with Gasteiger partial charge in [-0.3, -0.25) is 14.2 Å². The van der Waals surface area contributed by atoms with E-state index in [1.165, 1.54) is 21.9 Å². The van der Waals surface area contributed by atoms with Gasteiger partial charge in [-0.15, -0.1) is 0 Å². The number of anilines is 1. The molecule has 1 amide bonds. The molecule has 0 aliphatic rings. The highest BCUT2D eigenvalue weighted by Crippen LogP contribution is 2.29. The van der Waals surface area contributed by atoms with Gasteiger partial charge in [-0.2, -0.15) is 0 Å². The van der Waals surface area contributed by atoms with Gasteiger partial charge in [0.05, 0.1) is 18.0 Å². The molecule has 5 aromatic rings. The zero-order valence-corrected chi connectivity index (χ0v) is 22.0. The molecule has 2 heterocycles. The van der Waals surface area contributed by atoms with E-state index in [1.807, 2.05) is 85.8 Å². The second-order valence-corrected chi connectivity index (χ2v) is 9.58. The van der Waals surface area contributed by atoms with Gasteiger partial charge in [-0.05, 0) is 60.9 Å². The largest absolute Gasteiger partial charge is 0.494 e. The Morgan fingerprint density at radius 1 is 1.00 bits per heavy atom. The maximum Gasteiger partial charge on any atom is 0.283 e. The number of aromatic nitrogens is 3. The van der Waals surface area contributed by atoms with Crippen LogP contribution >= 0.6 is 11.8 Å². The summed E-state index contributed by atoms with van der Waals surface area (Å²) in [6.07, 6.45) is 2.74. The fraction of sp³-hybridized carbons (Fsp3) is 0.167. The molecule has 0 saturated carbocycles. The molecule has 38 heavy (non-hydrogen) atoms. The second-order valence-electron chi connectivity index (χ2n) is 8.64. The van der Waals surface area contributed by atoms with E-state index < -0.39 is 0 Å². The number of H-pyrrole nitrogens is 1. The predicted molar refractivity (Wildman–Crippen MR) is 153 cm³/mol. The summed E-state index contributed by atoms with van der Waals surface area (Å²) in [6.45, 7) is 4.56. The number of carbonyl (C=O) groups excluding carboxylic acids is 1. The molecule has 0 atom stereocenters. The highest BCUT2D eigenvalue weighted by Gasteiger charge is 2.19. The van der Waals surface area contributed by atoms with E-state index in [0.717, 1.165) is 23.2 Å². The fourth-order valence-electron chi connectivity index (χ4n) is 4.21. The summed E-state index contributed by atoms with van der Waals surface area (Å²) in [5, 5.41) is 3.36. The summed E-state index contributed by atoms with van der Waals surface area (Å²) in [5.74, 6) is 0.631. The van der Waals surface area contributed by atoms with Crippen LogP contribution in [0.3, 0.4) is 0 Å². The van der Waals surface area contributed by atoms with E-state index in [1.54, 1.807) is 6.20 Å². The Kier molecular flexibility index (Phi) is 7.60.